The third-order valence-corrected chi connectivity index (χ3v) is 4.31. The Morgan fingerprint density at radius 1 is 1.36 bits per heavy atom. The maximum atomic E-state index is 12.7. The molecule has 2 amide bonds. The summed E-state index contributed by atoms with van der Waals surface area (Å²) in [5, 5.41) is 9.71. The molecule has 0 unspecified atom stereocenters. The Bertz CT molecular complexity index is 828. The first-order chi connectivity index (χ1) is 13.2. The zero-order valence-electron chi connectivity index (χ0n) is 14.5. The van der Waals surface area contributed by atoms with E-state index in [1.807, 2.05) is 0 Å². The van der Waals surface area contributed by atoms with E-state index in [0.717, 1.165) is 12.1 Å². The summed E-state index contributed by atoms with van der Waals surface area (Å²) in [7, 11) is 0. The fourth-order valence-electron chi connectivity index (χ4n) is 2.38. The van der Waals surface area contributed by atoms with Crippen LogP contribution in [0.1, 0.15) is 30.1 Å². The lowest BCUT2D eigenvalue weighted by molar-refractivity contribution is -0.274. The van der Waals surface area contributed by atoms with Gasteiger partial charge in [0.25, 0.3) is 5.91 Å². The second-order valence-corrected chi connectivity index (χ2v) is 6.35. The second-order valence-electron chi connectivity index (χ2n) is 5.97. The van der Waals surface area contributed by atoms with Crippen LogP contribution < -0.4 is 26.4 Å². The first-order valence-electron chi connectivity index (χ1n) is 8.26. The topological polar surface area (TPSA) is 107 Å². The number of alkyl halides is 3. The summed E-state index contributed by atoms with van der Waals surface area (Å²) in [5.74, 6) is -2.08. The number of halogens is 4. The highest BCUT2D eigenvalue weighted by Crippen LogP contribution is 2.40. The lowest BCUT2D eigenvalue weighted by atomic mass is 10.1. The van der Waals surface area contributed by atoms with Gasteiger partial charge >= 0.3 is 6.36 Å². The third kappa shape index (κ3) is 4.57. The van der Waals surface area contributed by atoms with Gasteiger partial charge in [0.15, 0.2) is 5.75 Å². The number of guanidine groups is 1. The number of benzene rings is 1. The summed E-state index contributed by atoms with van der Waals surface area (Å²) in [4.78, 5) is 24.6. The zero-order valence-corrected chi connectivity index (χ0v) is 15.2. The van der Waals surface area contributed by atoms with Gasteiger partial charge in [0.2, 0.25) is 11.9 Å². The van der Waals surface area contributed by atoms with Crippen molar-refractivity contribution in [2.45, 2.75) is 26.1 Å². The van der Waals surface area contributed by atoms with Crippen molar-refractivity contribution in [2.75, 3.05) is 11.9 Å². The summed E-state index contributed by atoms with van der Waals surface area (Å²) >= 11 is 6.15. The summed E-state index contributed by atoms with van der Waals surface area (Å²) in [6, 6.07) is 1.99. The summed E-state index contributed by atoms with van der Waals surface area (Å²) in [5.41, 5.74) is 4.52. The van der Waals surface area contributed by atoms with Gasteiger partial charge in [-0.05, 0) is 31.9 Å². The van der Waals surface area contributed by atoms with Gasteiger partial charge in [-0.2, -0.15) is 0 Å². The number of nitrogens with one attached hydrogen (secondary N) is 4. The van der Waals surface area contributed by atoms with Gasteiger partial charge in [-0.3, -0.25) is 19.9 Å². The molecule has 3 rings (SSSR count). The molecule has 152 valence electrons. The number of carbonyl (C=O) groups is 2. The molecule has 13 heteroatoms. The molecule has 2 aliphatic rings. The Balaban J connectivity index is 1.88. The highest BCUT2D eigenvalue weighted by Gasteiger charge is 2.35. The van der Waals surface area contributed by atoms with E-state index < -0.39 is 29.6 Å². The molecule has 0 radical (unpaired) electrons. The van der Waals surface area contributed by atoms with Crippen molar-refractivity contribution < 1.29 is 27.5 Å². The van der Waals surface area contributed by atoms with Gasteiger partial charge in [-0.15, -0.1) is 23.8 Å². The minimum atomic E-state index is -5.00. The van der Waals surface area contributed by atoms with Crippen molar-refractivity contribution in [3.8, 4) is 5.75 Å². The quantitative estimate of drug-likeness (QED) is 0.580. The number of rotatable bonds is 5. The van der Waals surface area contributed by atoms with Gasteiger partial charge in [0.1, 0.15) is 5.69 Å². The molecule has 1 saturated carbocycles. The van der Waals surface area contributed by atoms with Crippen molar-refractivity contribution in [1.29, 1.82) is 0 Å². The van der Waals surface area contributed by atoms with Crippen LogP contribution in [0.4, 0.5) is 18.9 Å². The fourth-order valence-corrected chi connectivity index (χ4v) is 2.66. The van der Waals surface area contributed by atoms with Crippen molar-refractivity contribution in [1.82, 2.24) is 21.4 Å². The van der Waals surface area contributed by atoms with Crippen LogP contribution in [0, 0.1) is 5.92 Å². The number of nitrogens with zero attached hydrogens (tertiary/aromatic N) is 2. The molecule has 1 aliphatic carbocycles. The minimum absolute atomic E-state index is 0.141. The summed E-state index contributed by atoms with van der Waals surface area (Å²) in [6.07, 6.45) is -3.73. The molecule has 0 spiro atoms. The highest BCUT2D eigenvalue weighted by molar-refractivity contribution is 6.37. The molecule has 1 aromatic carbocycles. The van der Waals surface area contributed by atoms with E-state index in [-0.39, 0.29) is 22.5 Å². The van der Waals surface area contributed by atoms with E-state index in [1.54, 1.807) is 6.92 Å². The van der Waals surface area contributed by atoms with Crippen LogP contribution in [0.25, 0.3) is 0 Å². The molecule has 0 aromatic heterocycles. The van der Waals surface area contributed by atoms with E-state index in [0.29, 0.717) is 19.4 Å². The highest BCUT2D eigenvalue weighted by atomic mass is 35.5. The van der Waals surface area contributed by atoms with Crippen molar-refractivity contribution in [2.24, 2.45) is 11.0 Å². The van der Waals surface area contributed by atoms with Crippen LogP contribution in [0.5, 0.6) is 5.75 Å². The van der Waals surface area contributed by atoms with Crippen LogP contribution in [0.3, 0.4) is 0 Å². The number of hydrogen-bond donors (Lipinski definition) is 4. The lowest BCUT2D eigenvalue weighted by Gasteiger charge is -2.19. The standard InChI is InChI=1S/C15H16ClF3N6O3/c1-2-25-14(22-23-24-25)21-13(27)8-5-6-9(28-15(17,18)19)11(10(8)16)20-12(26)7-3-4-7/h5-7,23-24H,2-4H2,1H3,(H,20,26)(H,21,22,27). The SMILES string of the molecule is CCN1NNN=C1NC(=O)c1ccc(OC(F)(F)F)c(NC(=O)C2CC2)c1Cl. The van der Waals surface area contributed by atoms with Crippen LogP contribution in [-0.4, -0.2) is 35.7 Å². The average molecular weight is 421 g/mol. The molecule has 1 fully saturated rings. The molecule has 1 aliphatic heterocycles. The van der Waals surface area contributed by atoms with Gasteiger partial charge in [-0.25, -0.2) is 5.53 Å². The fraction of sp³-hybridized carbons (Fsp3) is 0.400. The molecule has 1 heterocycles. The molecular weight excluding hydrogens is 405 g/mol. The second kappa shape index (κ2) is 7.72. The van der Waals surface area contributed by atoms with Crippen molar-refractivity contribution in [3.63, 3.8) is 0 Å². The van der Waals surface area contributed by atoms with Gasteiger partial charge < -0.3 is 10.1 Å². The van der Waals surface area contributed by atoms with Crippen molar-refractivity contribution in [3.05, 3.63) is 22.7 Å². The first kappa shape index (κ1) is 20.0. The van der Waals surface area contributed by atoms with Crippen LogP contribution in [0.15, 0.2) is 17.2 Å². The number of amides is 2. The number of hydrazine groups is 2. The number of ether oxygens (including phenoxy) is 1. The maximum absolute atomic E-state index is 12.7. The van der Waals surface area contributed by atoms with E-state index in [9.17, 15) is 22.8 Å². The molecule has 4 N–H and O–H groups in total. The Kier molecular flexibility index (Phi) is 5.52. The third-order valence-electron chi connectivity index (χ3n) is 3.91. The minimum Gasteiger partial charge on any atom is -0.404 e. The molecule has 1 aromatic rings. The largest absolute Gasteiger partial charge is 0.573 e. The summed E-state index contributed by atoms with van der Waals surface area (Å²) < 4.78 is 42.0. The normalized spacial score (nSPS) is 16.3. The molecular formula is C15H16ClF3N6O3. The number of carbonyl (C=O) groups excluding carboxylic acids is 2. The predicted octanol–water partition coefficient (Wildman–Crippen LogP) is 1.93. The number of hydrazone groups is 1. The maximum Gasteiger partial charge on any atom is 0.573 e. The van der Waals surface area contributed by atoms with Crippen LogP contribution >= 0.6 is 11.6 Å². The van der Waals surface area contributed by atoms with E-state index >= 15 is 0 Å². The Labute approximate surface area is 162 Å². The van der Waals surface area contributed by atoms with E-state index in [1.165, 1.54) is 5.01 Å². The molecule has 0 saturated heterocycles. The van der Waals surface area contributed by atoms with Crippen LogP contribution in [-0.2, 0) is 4.79 Å². The first-order valence-corrected chi connectivity index (χ1v) is 8.63. The Hall–Kier alpha value is -2.73. The zero-order chi connectivity index (χ0) is 20.5. The van der Waals surface area contributed by atoms with Gasteiger partial charge in [0, 0.05) is 12.5 Å². The monoisotopic (exact) mass is 420 g/mol. The average Bonchev–Trinajstić information content (AvgIpc) is 3.37. The van der Waals surface area contributed by atoms with Crippen molar-refractivity contribution >= 4 is 35.1 Å². The van der Waals surface area contributed by atoms with E-state index in [4.69, 9.17) is 11.6 Å². The summed E-state index contributed by atoms with van der Waals surface area (Å²) in [6.45, 7) is 2.25. The van der Waals surface area contributed by atoms with Gasteiger partial charge in [-0.1, -0.05) is 11.6 Å². The number of hydrogen-bond acceptors (Lipinski definition) is 7. The molecule has 0 bridgehead atoms. The van der Waals surface area contributed by atoms with E-state index in [2.05, 4.69) is 31.5 Å². The lowest BCUT2D eigenvalue weighted by Crippen LogP contribution is -2.47. The Morgan fingerprint density at radius 2 is 2.07 bits per heavy atom. The molecule has 0 atom stereocenters. The number of anilines is 1. The Morgan fingerprint density at radius 3 is 2.68 bits per heavy atom. The predicted molar refractivity (Wildman–Crippen MR) is 93.0 cm³/mol. The van der Waals surface area contributed by atoms with Crippen LogP contribution in [0.2, 0.25) is 5.02 Å². The smallest absolute Gasteiger partial charge is 0.404 e. The molecule has 28 heavy (non-hydrogen) atoms. The molecule has 9 nitrogen and oxygen atoms in total. The van der Waals surface area contributed by atoms with Gasteiger partial charge in [0.05, 0.1) is 10.6 Å².